The second-order valence-electron chi connectivity index (χ2n) is 4.55. The summed E-state index contributed by atoms with van der Waals surface area (Å²) in [6.45, 7) is 0. The zero-order valence-electron chi connectivity index (χ0n) is 12.6. The maximum absolute atomic E-state index is 7.78. The van der Waals surface area contributed by atoms with Gasteiger partial charge in [-0.25, -0.2) is 0 Å². The number of nitrogens with one attached hydrogen (secondary N) is 1. The Morgan fingerprint density at radius 2 is 1.65 bits per heavy atom. The van der Waals surface area contributed by atoms with E-state index in [9.17, 15) is 0 Å². The van der Waals surface area contributed by atoms with E-state index in [1.807, 2.05) is 56.4 Å². The highest BCUT2D eigenvalue weighted by atomic mass is 32.2. The van der Waals surface area contributed by atoms with Crippen LogP contribution in [0.5, 0.6) is 0 Å². The van der Waals surface area contributed by atoms with E-state index in [1.165, 1.54) is 9.75 Å². The van der Waals surface area contributed by atoms with E-state index in [1.54, 1.807) is 23.5 Å². The Morgan fingerprint density at radius 3 is 2.10 bits per heavy atom. The Bertz CT molecular complexity index is 466. The van der Waals surface area contributed by atoms with Crippen LogP contribution in [-0.4, -0.2) is 55.4 Å². The largest absolute Gasteiger partial charge is 0.358 e. The predicted octanol–water partition coefficient (Wildman–Crippen LogP) is 3.26. The minimum Gasteiger partial charge on any atom is -0.358 e. The number of rotatable bonds is 4. The molecule has 20 heavy (non-hydrogen) atoms. The number of hydrogen-bond donors (Lipinski definition) is 1. The number of amidine groups is 2. The van der Waals surface area contributed by atoms with Crippen molar-refractivity contribution in [3.05, 3.63) is 21.9 Å². The number of aliphatic imine (C=N–C) groups is 1. The zero-order chi connectivity index (χ0) is 15.1. The maximum Gasteiger partial charge on any atom is 0.158 e. The van der Waals surface area contributed by atoms with Crippen molar-refractivity contribution in [2.24, 2.45) is 4.99 Å². The van der Waals surface area contributed by atoms with Crippen molar-refractivity contribution < 1.29 is 0 Å². The van der Waals surface area contributed by atoms with Crippen LogP contribution in [0, 0.1) is 5.41 Å². The maximum atomic E-state index is 7.78. The Labute approximate surface area is 134 Å². The first-order valence-corrected chi connectivity index (χ1v) is 8.96. The highest BCUT2D eigenvalue weighted by Gasteiger charge is 2.07. The molecule has 0 amide bonds. The second-order valence-corrected chi connectivity index (χ2v) is 7.70. The summed E-state index contributed by atoms with van der Waals surface area (Å²) in [5.74, 6) is 1.82. The fraction of sp³-hybridized carbons (Fsp3) is 0.538. The molecule has 1 heterocycles. The average molecular weight is 331 g/mol. The normalized spacial score (nSPS) is 11.6. The van der Waals surface area contributed by atoms with Crippen molar-refractivity contribution in [1.82, 2.24) is 9.80 Å². The lowest BCUT2D eigenvalue weighted by Gasteiger charge is -2.13. The lowest BCUT2D eigenvalue weighted by Crippen LogP contribution is -2.18. The van der Waals surface area contributed by atoms with Gasteiger partial charge in [-0.2, -0.15) is 0 Å². The quantitative estimate of drug-likeness (QED) is 0.680. The molecule has 0 saturated heterocycles. The summed E-state index contributed by atoms with van der Waals surface area (Å²) >= 11 is 5.14. The topological polar surface area (TPSA) is 42.7 Å². The number of thioether (sulfide) groups is 2. The van der Waals surface area contributed by atoms with Crippen LogP contribution in [0.4, 0.5) is 0 Å². The van der Waals surface area contributed by atoms with Crippen molar-refractivity contribution in [3.8, 4) is 0 Å². The van der Waals surface area contributed by atoms with Crippen LogP contribution in [-0.2, 0) is 11.5 Å². The van der Waals surface area contributed by atoms with Crippen LogP contribution < -0.4 is 0 Å². The lowest BCUT2D eigenvalue weighted by atomic mass is 10.5. The van der Waals surface area contributed by atoms with E-state index in [0.29, 0.717) is 5.17 Å². The molecule has 0 aliphatic heterocycles. The first kappa shape index (κ1) is 17.4. The highest BCUT2D eigenvalue weighted by Crippen LogP contribution is 2.26. The molecule has 0 unspecified atom stereocenters. The molecular formula is C13H22N4S3. The zero-order valence-corrected chi connectivity index (χ0v) is 15.1. The molecule has 0 atom stereocenters. The Balaban J connectivity index is 2.45. The molecule has 1 aromatic rings. The second kappa shape index (κ2) is 8.59. The van der Waals surface area contributed by atoms with E-state index in [2.05, 4.69) is 17.1 Å². The number of hydrogen-bond acceptors (Lipinski definition) is 5. The van der Waals surface area contributed by atoms with Crippen LogP contribution in [0.3, 0.4) is 0 Å². The van der Waals surface area contributed by atoms with Crippen LogP contribution in [0.25, 0.3) is 0 Å². The average Bonchev–Trinajstić information content (AvgIpc) is 2.84. The fourth-order valence-electron chi connectivity index (χ4n) is 1.38. The summed E-state index contributed by atoms with van der Waals surface area (Å²) in [5.41, 5.74) is 0. The van der Waals surface area contributed by atoms with E-state index in [-0.39, 0.29) is 0 Å². The van der Waals surface area contributed by atoms with Gasteiger partial charge in [-0.3, -0.25) is 10.4 Å². The molecule has 0 spiro atoms. The molecule has 0 bridgehead atoms. The SMILES string of the molecule is CN=C(SCc1ccc(CSC(=N)N(C)C)s1)N(C)C. The van der Waals surface area contributed by atoms with Gasteiger partial charge in [0.2, 0.25) is 0 Å². The third kappa shape index (κ3) is 5.76. The lowest BCUT2D eigenvalue weighted by molar-refractivity contribution is 0.632. The molecule has 1 rings (SSSR count). The molecule has 1 aromatic heterocycles. The minimum atomic E-state index is 0.599. The first-order chi connectivity index (χ1) is 9.43. The van der Waals surface area contributed by atoms with Gasteiger partial charge in [0.05, 0.1) is 0 Å². The molecule has 0 aromatic carbocycles. The molecular weight excluding hydrogens is 308 g/mol. The van der Waals surface area contributed by atoms with E-state index in [4.69, 9.17) is 5.41 Å². The summed E-state index contributed by atoms with van der Waals surface area (Å²) in [4.78, 5) is 10.8. The van der Waals surface area contributed by atoms with Crippen molar-refractivity contribution in [2.75, 3.05) is 35.2 Å². The van der Waals surface area contributed by atoms with Crippen LogP contribution in [0.15, 0.2) is 17.1 Å². The summed E-state index contributed by atoms with van der Waals surface area (Å²) in [6, 6.07) is 4.34. The number of thiophene rings is 1. The molecule has 7 heteroatoms. The molecule has 4 nitrogen and oxygen atoms in total. The van der Waals surface area contributed by atoms with E-state index >= 15 is 0 Å². The molecule has 0 aliphatic carbocycles. The van der Waals surface area contributed by atoms with Crippen molar-refractivity contribution >= 4 is 45.2 Å². The van der Waals surface area contributed by atoms with Gasteiger partial charge in [0.1, 0.15) is 0 Å². The van der Waals surface area contributed by atoms with E-state index < -0.39 is 0 Å². The molecule has 0 radical (unpaired) electrons. The minimum absolute atomic E-state index is 0.599. The van der Waals surface area contributed by atoms with Gasteiger partial charge in [0.25, 0.3) is 0 Å². The van der Waals surface area contributed by atoms with Crippen molar-refractivity contribution in [2.45, 2.75) is 11.5 Å². The molecule has 1 N–H and O–H groups in total. The molecule has 0 aliphatic rings. The predicted molar refractivity (Wildman–Crippen MR) is 95.4 cm³/mol. The standard InChI is InChI=1S/C13H22N4S3/c1-15-13(17(4)5)19-9-11-7-6-10(20-11)8-18-12(14)16(2)3/h6-7,14H,8-9H2,1-5H3. The van der Waals surface area contributed by atoms with Crippen molar-refractivity contribution in [3.63, 3.8) is 0 Å². The Kier molecular flexibility index (Phi) is 7.47. The van der Waals surface area contributed by atoms with Crippen LogP contribution >= 0.6 is 34.9 Å². The fourth-order valence-corrected chi connectivity index (χ4v) is 4.20. The Morgan fingerprint density at radius 1 is 1.10 bits per heavy atom. The van der Waals surface area contributed by atoms with Gasteiger partial charge in [-0.05, 0) is 12.1 Å². The first-order valence-electron chi connectivity index (χ1n) is 6.17. The van der Waals surface area contributed by atoms with Crippen LogP contribution in [0.1, 0.15) is 9.75 Å². The van der Waals surface area contributed by atoms with Crippen LogP contribution in [0.2, 0.25) is 0 Å². The van der Waals surface area contributed by atoms with Gasteiger partial charge in [-0.1, -0.05) is 23.5 Å². The summed E-state index contributed by atoms with van der Waals surface area (Å²) in [5, 5.41) is 9.42. The monoisotopic (exact) mass is 330 g/mol. The third-order valence-electron chi connectivity index (χ3n) is 2.39. The summed E-state index contributed by atoms with van der Waals surface area (Å²) in [7, 11) is 9.65. The molecule has 0 fully saturated rings. The summed E-state index contributed by atoms with van der Waals surface area (Å²) < 4.78 is 0. The van der Waals surface area contributed by atoms with Gasteiger partial charge < -0.3 is 9.80 Å². The third-order valence-corrected chi connectivity index (χ3v) is 6.20. The van der Waals surface area contributed by atoms with E-state index in [0.717, 1.165) is 16.7 Å². The van der Waals surface area contributed by atoms with Gasteiger partial charge in [0, 0.05) is 56.5 Å². The highest BCUT2D eigenvalue weighted by molar-refractivity contribution is 8.13. The molecule has 112 valence electrons. The number of nitrogens with zero attached hydrogens (tertiary/aromatic N) is 3. The smallest absolute Gasteiger partial charge is 0.158 e. The van der Waals surface area contributed by atoms with Gasteiger partial charge in [-0.15, -0.1) is 11.3 Å². The van der Waals surface area contributed by atoms with Crippen molar-refractivity contribution in [1.29, 1.82) is 5.41 Å². The molecule has 0 saturated carbocycles. The summed E-state index contributed by atoms with van der Waals surface area (Å²) in [6.07, 6.45) is 0. The van der Waals surface area contributed by atoms with Gasteiger partial charge >= 0.3 is 0 Å². The van der Waals surface area contributed by atoms with Gasteiger partial charge in [0.15, 0.2) is 10.3 Å². The Hall–Kier alpha value is -0.660.